The van der Waals surface area contributed by atoms with Gasteiger partial charge in [0, 0.05) is 16.8 Å². The molecular weight excluding hydrogens is 338 g/mol. The van der Waals surface area contributed by atoms with Crippen LogP contribution < -0.4 is 11.1 Å². The lowest BCUT2D eigenvalue weighted by Crippen LogP contribution is -2.14. The van der Waals surface area contributed by atoms with Crippen molar-refractivity contribution >= 4 is 28.4 Å². The minimum atomic E-state index is -0.362. The molecule has 0 bridgehead atoms. The molecular formula is C22H23N3O2. The largest absolute Gasteiger partial charge is 0.369 e. The van der Waals surface area contributed by atoms with Crippen LogP contribution in [0.2, 0.25) is 0 Å². The van der Waals surface area contributed by atoms with Crippen LogP contribution in [0.1, 0.15) is 22.4 Å². The highest BCUT2D eigenvalue weighted by Crippen LogP contribution is 2.37. The number of aromatic nitrogens is 1. The summed E-state index contributed by atoms with van der Waals surface area (Å²) in [6, 6.07) is 9.77. The number of nitrogens with one attached hydrogen (secondary N) is 2. The second-order valence-electron chi connectivity index (χ2n) is 6.71. The SMILES string of the molecule is C=CC(=O)Nc1cccc(-c2ccc(CC(N)=O)c3[nH]c(C)c(C)c23)c1C. The predicted molar refractivity (Wildman–Crippen MR) is 110 cm³/mol. The van der Waals surface area contributed by atoms with E-state index in [2.05, 4.69) is 23.8 Å². The molecule has 138 valence electrons. The number of benzene rings is 2. The van der Waals surface area contributed by atoms with Gasteiger partial charge in [-0.05, 0) is 60.7 Å². The second-order valence-corrected chi connectivity index (χ2v) is 6.71. The number of H-pyrrole nitrogens is 1. The van der Waals surface area contributed by atoms with E-state index in [9.17, 15) is 9.59 Å². The molecule has 0 aliphatic heterocycles. The Morgan fingerprint density at radius 1 is 1.11 bits per heavy atom. The number of hydrogen-bond acceptors (Lipinski definition) is 2. The molecule has 0 aliphatic carbocycles. The molecule has 3 aromatic rings. The van der Waals surface area contributed by atoms with E-state index in [1.807, 2.05) is 44.2 Å². The van der Waals surface area contributed by atoms with Crippen molar-refractivity contribution in [3.63, 3.8) is 0 Å². The summed E-state index contributed by atoms with van der Waals surface area (Å²) in [5.41, 5.74) is 13.2. The lowest BCUT2D eigenvalue weighted by atomic mass is 9.92. The molecule has 1 aromatic heterocycles. The van der Waals surface area contributed by atoms with Crippen molar-refractivity contribution in [3.05, 3.63) is 65.4 Å². The molecule has 2 aromatic carbocycles. The van der Waals surface area contributed by atoms with E-state index in [1.54, 1.807) is 0 Å². The van der Waals surface area contributed by atoms with Crippen molar-refractivity contribution < 1.29 is 9.59 Å². The Morgan fingerprint density at radius 2 is 1.85 bits per heavy atom. The number of carbonyl (C=O) groups is 2. The Bertz CT molecular complexity index is 1080. The molecule has 3 rings (SSSR count). The van der Waals surface area contributed by atoms with Crippen LogP contribution in [-0.2, 0) is 16.0 Å². The van der Waals surface area contributed by atoms with Crippen molar-refractivity contribution in [1.29, 1.82) is 0 Å². The summed E-state index contributed by atoms with van der Waals surface area (Å²) in [6.07, 6.45) is 1.44. The Kier molecular flexibility index (Phi) is 4.86. The van der Waals surface area contributed by atoms with E-state index in [0.717, 1.165) is 50.1 Å². The van der Waals surface area contributed by atoms with Crippen molar-refractivity contribution in [1.82, 2.24) is 4.98 Å². The second kappa shape index (κ2) is 7.11. The van der Waals surface area contributed by atoms with Gasteiger partial charge in [-0.2, -0.15) is 0 Å². The van der Waals surface area contributed by atoms with Gasteiger partial charge in [-0.25, -0.2) is 0 Å². The molecule has 0 fully saturated rings. The third kappa shape index (κ3) is 3.36. The quantitative estimate of drug-likeness (QED) is 0.602. The first-order chi connectivity index (χ1) is 12.8. The zero-order chi connectivity index (χ0) is 19.7. The molecule has 0 radical (unpaired) electrons. The lowest BCUT2D eigenvalue weighted by molar-refractivity contribution is -0.117. The summed E-state index contributed by atoms with van der Waals surface area (Å²) in [6.45, 7) is 9.55. The summed E-state index contributed by atoms with van der Waals surface area (Å²) in [5, 5.41) is 3.92. The Hall–Kier alpha value is -3.34. The van der Waals surface area contributed by atoms with E-state index in [1.165, 1.54) is 6.08 Å². The van der Waals surface area contributed by atoms with Gasteiger partial charge in [-0.3, -0.25) is 9.59 Å². The fraction of sp³-hybridized carbons (Fsp3) is 0.182. The lowest BCUT2D eigenvalue weighted by Gasteiger charge is -2.14. The molecule has 0 spiro atoms. The van der Waals surface area contributed by atoms with Crippen LogP contribution in [0.25, 0.3) is 22.0 Å². The summed E-state index contributed by atoms with van der Waals surface area (Å²) in [5.74, 6) is -0.606. The van der Waals surface area contributed by atoms with Crippen molar-refractivity contribution in [2.45, 2.75) is 27.2 Å². The highest BCUT2D eigenvalue weighted by Gasteiger charge is 2.17. The molecule has 0 unspecified atom stereocenters. The minimum absolute atomic E-state index is 0.185. The zero-order valence-electron chi connectivity index (χ0n) is 15.8. The Morgan fingerprint density at radius 3 is 2.52 bits per heavy atom. The van der Waals surface area contributed by atoms with Gasteiger partial charge in [0.1, 0.15) is 0 Å². The molecule has 0 saturated heterocycles. The monoisotopic (exact) mass is 361 g/mol. The number of amides is 2. The number of anilines is 1. The minimum Gasteiger partial charge on any atom is -0.369 e. The molecule has 2 amide bonds. The third-order valence-corrected chi connectivity index (χ3v) is 4.97. The molecule has 0 atom stereocenters. The number of aromatic amines is 1. The highest BCUT2D eigenvalue weighted by atomic mass is 16.1. The summed E-state index contributed by atoms with van der Waals surface area (Å²) < 4.78 is 0. The van der Waals surface area contributed by atoms with Gasteiger partial charge in [0.05, 0.1) is 11.9 Å². The summed E-state index contributed by atoms with van der Waals surface area (Å²) in [4.78, 5) is 26.6. The molecule has 1 heterocycles. The topological polar surface area (TPSA) is 88.0 Å². The summed E-state index contributed by atoms with van der Waals surface area (Å²) >= 11 is 0. The Balaban J connectivity index is 2.24. The van der Waals surface area contributed by atoms with Gasteiger partial charge >= 0.3 is 0 Å². The van der Waals surface area contributed by atoms with Crippen LogP contribution in [0, 0.1) is 20.8 Å². The van der Waals surface area contributed by atoms with Gasteiger partial charge < -0.3 is 16.0 Å². The van der Waals surface area contributed by atoms with E-state index >= 15 is 0 Å². The van der Waals surface area contributed by atoms with Gasteiger partial charge in [-0.1, -0.05) is 30.8 Å². The number of hydrogen-bond donors (Lipinski definition) is 3. The molecule has 4 N–H and O–H groups in total. The first-order valence-corrected chi connectivity index (χ1v) is 8.76. The normalized spacial score (nSPS) is 10.8. The van der Waals surface area contributed by atoms with Crippen LogP contribution in [0.15, 0.2) is 43.0 Å². The van der Waals surface area contributed by atoms with Crippen LogP contribution in [0.4, 0.5) is 5.69 Å². The fourth-order valence-electron chi connectivity index (χ4n) is 3.45. The molecule has 0 saturated carbocycles. The van der Waals surface area contributed by atoms with Crippen LogP contribution in [0.5, 0.6) is 0 Å². The van der Waals surface area contributed by atoms with Gasteiger partial charge in [0.15, 0.2) is 0 Å². The number of aryl methyl sites for hydroxylation is 2. The standard InChI is InChI=1S/C22H23N3O2/c1-5-20(27)25-18-8-6-7-16(13(18)3)17-10-9-15(11-19(23)26)22-21(17)12(2)14(4)24-22/h5-10,24H,1,11H2,2-4H3,(H2,23,26)(H,25,27). The number of rotatable bonds is 5. The van der Waals surface area contributed by atoms with Crippen LogP contribution in [-0.4, -0.2) is 16.8 Å². The zero-order valence-corrected chi connectivity index (χ0v) is 15.8. The third-order valence-electron chi connectivity index (χ3n) is 4.97. The highest BCUT2D eigenvalue weighted by molar-refractivity contribution is 6.04. The van der Waals surface area contributed by atoms with E-state index in [0.29, 0.717) is 0 Å². The molecule has 27 heavy (non-hydrogen) atoms. The number of fused-ring (bicyclic) bond motifs is 1. The number of primary amides is 1. The van der Waals surface area contributed by atoms with E-state index < -0.39 is 0 Å². The van der Waals surface area contributed by atoms with Gasteiger partial charge in [0.25, 0.3) is 0 Å². The molecule has 5 nitrogen and oxygen atoms in total. The fourth-order valence-corrected chi connectivity index (χ4v) is 3.45. The average Bonchev–Trinajstić information content (AvgIpc) is 2.93. The summed E-state index contributed by atoms with van der Waals surface area (Å²) in [7, 11) is 0. The Labute approximate surface area is 158 Å². The van der Waals surface area contributed by atoms with Crippen molar-refractivity contribution in [2.24, 2.45) is 5.73 Å². The maximum atomic E-state index is 11.7. The smallest absolute Gasteiger partial charge is 0.247 e. The first kappa shape index (κ1) is 18.5. The predicted octanol–water partition coefficient (Wildman–Crippen LogP) is 3.91. The first-order valence-electron chi connectivity index (χ1n) is 8.76. The van der Waals surface area contributed by atoms with Crippen molar-refractivity contribution in [2.75, 3.05) is 5.32 Å². The number of nitrogens with two attached hydrogens (primary N) is 1. The van der Waals surface area contributed by atoms with Crippen LogP contribution in [0.3, 0.4) is 0 Å². The molecule has 5 heteroatoms. The van der Waals surface area contributed by atoms with Crippen LogP contribution >= 0.6 is 0 Å². The average molecular weight is 361 g/mol. The number of carbonyl (C=O) groups excluding carboxylic acids is 2. The van der Waals surface area contributed by atoms with Crippen molar-refractivity contribution in [3.8, 4) is 11.1 Å². The van der Waals surface area contributed by atoms with E-state index in [4.69, 9.17) is 5.73 Å². The van der Waals surface area contributed by atoms with Gasteiger partial charge in [-0.15, -0.1) is 0 Å². The maximum absolute atomic E-state index is 11.7. The van der Waals surface area contributed by atoms with E-state index in [-0.39, 0.29) is 18.2 Å². The molecule has 0 aliphatic rings. The van der Waals surface area contributed by atoms with Gasteiger partial charge in [0.2, 0.25) is 11.8 Å². The maximum Gasteiger partial charge on any atom is 0.247 e.